The molecular formula is C14H26N2O. The zero-order valence-electron chi connectivity index (χ0n) is 11.3. The SMILES string of the molecule is CC1CCN(C(=O)N(C)C2CCCCC2)CC1. The van der Waals surface area contributed by atoms with Crippen molar-refractivity contribution >= 4 is 6.03 Å². The number of rotatable bonds is 1. The van der Waals surface area contributed by atoms with Gasteiger partial charge in [-0.15, -0.1) is 0 Å². The standard InChI is InChI=1S/C14H26N2O/c1-12-8-10-16(11-9-12)14(17)15(2)13-6-4-3-5-7-13/h12-13H,3-11H2,1-2H3. The molecule has 0 aromatic rings. The van der Waals surface area contributed by atoms with Crippen molar-refractivity contribution in [2.45, 2.75) is 57.9 Å². The van der Waals surface area contributed by atoms with Crippen LogP contribution in [0.25, 0.3) is 0 Å². The molecular weight excluding hydrogens is 212 g/mol. The fourth-order valence-electron chi connectivity index (χ4n) is 3.05. The molecule has 2 rings (SSSR count). The first-order valence-corrected chi connectivity index (χ1v) is 7.20. The molecule has 1 saturated heterocycles. The molecule has 2 aliphatic rings. The second-order valence-electron chi connectivity index (χ2n) is 5.85. The Kier molecular flexibility index (Phi) is 4.30. The first-order valence-electron chi connectivity index (χ1n) is 7.20. The highest BCUT2D eigenvalue weighted by molar-refractivity contribution is 5.74. The lowest BCUT2D eigenvalue weighted by Crippen LogP contribution is -2.49. The molecule has 0 bridgehead atoms. The zero-order valence-corrected chi connectivity index (χ0v) is 11.3. The zero-order chi connectivity index (χ0) is 12.3. The van der Waals surface area contributed by atoms with Gasteiger partial charge in [0.1, 0.15) is 0 Å². The van der Waals surface area contributed by atoms with E-state index in [0.717, 1.165) is 19.0 Å². The van der Waals surface area contributed by atoms with Crippen LogP contribution in [0, 0.1) is 5.92 Å². The van der Waals surface area contributed by atoms with Gasteiger partial charge in [-0.1, -0.05) is 26.2 Å². The molecule has 2 amide bonds. The Hall–Kier alpha value is -0.730. The minimum Gasteiger partial charge on any atom is -0.325 e. The molecule has 0 atom stereocenters. The summed E-state index contributed by atoms with van der Waals surface area (Å²) < 4.78 is 0. The van der Waals surface area contributed by atoms with Gasteiger partial charge in [-0.3, -0.25) is 0 Å². The number of amides is 2. The van der Waals surface area contributed by atoms with Crippen LogP contribution in [0.1, 0.15) is 51.9 Å². The van der Waals surface area contributed by atoms with Gasteiger partial charge in [0.2, 0.25) is 0 Å². The molecule has 1 aliphatic carbocycles. The predicted octanol–water partition coefficient (Wildman–Crippen LogP) is 3.10. The van der Waals surface area contributed by atoms with Crippen LogP contribution >= 0.6 is 0 Å². The Morgan fingerprint density at radius 3 is 2.24 bits per heavy atom. The van der Waals surface area contributed by atoms with Gasteiger partial charge in [-0.2, -0.15) is 0 Å². The van der Waals surface area contributed by atoms with Gasteiger partial charge in [0.15, 0.2) is 0 Å². The Balaban J connectivity index is 1.85. The fraction of sp³-hybridized carbons (Fsp3) is 0.929. The summed E-state index contributed by atoms with van der Waals surface area (Å²) in [6.45, 7) is 4.20. The van der Waals surface area contributed by atoms with Crippen LogP contribution < -0.4 is 0 Å². The third-order valence-corrected chi connectivity index (χ3v) is 4.48. The van der Waals surface area contributed by atoms with E-state index in [1.54, 1.807) is 0 Å². The molecule has 17 heavy (non-hydrogen) atoms. The van der Waals surface area contributed by atoms with E-state index >= 15 is 0 Å². The highest BCUT2D eigenvalue weighted by Crippen LogP contribution is 2.24. The van der Waals surface area contributed by atoms with Gasteiger partial charge < -0.3 is 9.80 Å². The number of hydrogen-bond donors (Lipinski definition) is 0. The number of urea groups is 1. The van der Waals surface area contributed by atoms with E-state index in [2.05, 4.69) is 11.8 Å². The van der Waals surface area contributed by atoms with Crippen molar-refractivity contribution in [3.8, 4) is 0 Å². The average Bonchev–Trinajstić information content (AvgIpc) is 2.39. The molecule has 0 spiro atoms. The van der Waals surface area contributed by atoms with E-state index in [1.165, 1.54) is 44.9 Å². The topological polar surface area (TPSA) is 23.6 Å². The lowest BCUT2D eigenvalue weighted by molar-refractivity contribution is 0.120. The molecule has 0 aromatic carbocycles. The molecule has 0 radical (unpaired) electrons. The second kappa shape index (κ2) is 5.74. The predicted molar refractivity (Wildman–Crippen MR) is 70.0 cm³/mol. The average molecular weight is 238 g/mol. The molecule has 2 fully saturated rings. The Morgan fingerprint density at radius 2 is 1.65 bits per heavy atom. The van der Waals surface area contributed by atoms with Crippen molar-refractivity contribution in [2.75, 3.05) is 20.1 Å². The van der Waals surface area contributed by atoms with Crippen LogP contribution in [0.5, 0.6) is 0 Å². The molecule has 1 heterocycles. The number of carbonyl (C=O) groups is 1. The minimum atomic E-state index is 0.267. The summed E-state index contributed by atoms with van der Waals surface area (Å²) in [5.74, 6) is 0.791. The first kappa shape index (κ1) is 12.7. The van der Waals surface area contributed by atoms with Gasteiger partial charge in [0, 0.05) is 26.2 Å². The minimum absolute atomic E-state index is 0.267. The van der Waals surface area contributed by atoms with Crippen LogP contribution in [-0.4, -0.2) is 42.0 Å². The summed E-state index contributed by atoms with van der Waals surface area (Å²) in [5.41, 5.74) is 0. The number of piperidine rings is 1. The normalized spacial score (nSPS) is 23.8. The highest BCUT2D eigenvalue weighted by atomic mass is 16.2. The summed E-state index contributed by atoms with van der Waals surface area (Å²) in [4.78, 5) is 16.4. The number of nitrogens with zero attached hydrogens (tertiary/aromatic N) is 2. The van der Waals surface area contributed by atoms with E-state index in [-0.39, 0.29) is 6.03 Å². The van der Waals surface area contributed by atoms with Crippen LogP contribution in [0.3, 0.4) is 0 Å². The summed E-state index contributed by atoms with van der Waals surface area (Å²) in [6, 6.07) is 0.763. The third-order valence-electron chi connectivity index (χ3n) is 4.48. The molecule has 98 valence electrons. The molecule has 0 unspecified atom stereocenters. The van der Waals surface area contributed by atoms with Crippen molar-refractivity contribution < 1.29 is 4.79 Å². The van der Waals surface area contributed by atoms with Crippen molar-refractivity contribution in [2.24, 2.45) is 5.92 Å². The maximum absolute atomic E-state index is 12.4. The Bertz CT molecular complexity index is 253. The van der Waals surface area contributed by atoms with E-state index in [4.69, 9.17) is 0 Å². The molecule has 0 N–H and O–H groups in total. The van der Waals surface area contributed by atoms with Crippen molar-refractivity contribution in [3.05, 3.63) is 0 Å². The van der Waals surface area contributed by atoms with Gasteiger partial charge in [0.05, 0.1) is 0 Å². The quantitative estimate of drug-likeness (QED) is 0.688. The Morgan fingerprint density at radius 1 is 1.06 bits per heavy atom. The van der Waals surface area contributed by atoms with Crippen LogP contribution in [0.2, 0.25) is 0 Å². The molecule has 3 nitrogen and oxygen atoms in total. The summed E-state index contributed by atoms with van der Waals surface area (Å²) in [6.07, 6.45) is 8.67. The van der Waals surface area contributed by atoms with E-state index in [9.17, 15) is 4.79 Å². The van der Waals surface area contributed by atoms with Gasteiger partial charge >= 0.3 is 6.03 Å². The van der Waals surface area contributed by atoms with Gasteiger partial charge in [0.25, 0.3) is 0 Å². The van der Waals surface area contributed by atoms with Gasteiger partial charge in [-0.05, 0) is 31.6 Å². The lowest BCUT2D eigenvalue weighted by atomic mass is 9.94. The summed E-state index contributed by atoms with van der Waals surface area (Å²) in [5, 5.41) is 0. The number of likely N-dealkylation sites (tertiary alicyclic amines) is 1. The second-order valence-corrected chi connectivity index (χ2v) is 5.85. The van der Waals surface area contributed by atoms with Crippen LogP contribution in [0.4, 0.5) is 4.79 Å². The van der Waals surface area contributed by atoms with Crippen LogP contribution in [-0.2, 0) is 0 Å². The maximum Gasteiger partial charge on any atom is 0.319 e. The lowest BCUT2D eigenvalue weighted by Gasteiger charge is -2.38. The van der Waals surface area contributed by atoms with Crippen LogP contribution in [0.15, 0.2) is 0 Å². The highest BCUT2D eigenvalue weighted by Gasteiger charge is 2.27. The third kappa shape index (κ3) is 3.14. The van der Waals surface area contributed by atoms with E-state index in [1.807, 2.05) is 11.9 Å². The number of hydrogen-bond acceptors (Lipinski definition) is 1. The fourth-order valence-corrected chi connectivity index (χ4v) is 3.05. The van der Waals surface area contributed by atoms with Crippen molar-refractivity contribution in [1.82, 2.24) is 9.80 Å². The molecule has 1 aliphatic heterocycles. The first-order chi connectivity index (χ1) is 8.18. The van der Waals surface area contributed by atoms with E-state index < -0.39 is 0 Å². The van der Waals surface area contributed by atoms with E-state index in [0.29, 0.717) is 6.04 Å². The molecule has 0 aromatic heterocycles. The van der Waals surface area contributed by atoms with Crippen molar-refractivity contribution in [1.29, 1.82) is 0 Å². The molecule has 1 saturated carbocycles. The molecule has 3 heteroatoms. The summed E-state index contributed by atoms with van der Waals surface area (Å²) >= 11 is 0. The van der Waals surface area contributed by atoms with Gasteiger partial charge in [-0.25, -0.2) is 4.79 Å². The smallest absolute Gasteiger partial charge is 0.319 e. The number of carbonyl (C=O) groups excluding carboxylic acids is 1. The Labute approximate surface area is 105 Å². The monoisotopic (exact) mass is 238 g/mol. The largest absolute Gasteiger partial charge is 0.325 e. The summed E-state index contributed by atoms with van der Waals surface area (Å²) in [7, 11) is 2.00. The van der Waals surface area contributed by atoms with Crippen molar-refractivity contribution in [3.63, 3.8) is 0 Å². The maximum atomic E-state index is 12.4.